The van der Waals surface area contributed by atoms with E-state index < -0.39 is 0 Å². The minimum atomic E-state index is -0.0230. The largest absolute Gasteiger partial charge is 0.0622 e. The van der Waals surface area contributed by atoms with Gasteiger partial charge in [0.2, 0.25) is 0 Å². The second kappa shape index (κ2) is 10.5. The Morgan fingerprint density at radius 3 is 1.49 bits per heavy atom. The molecule has 0 aromatic heterocycles. The first kappa shape index (κ1) is 28.1. The van der Waals surface area contributed by atoms with Crippen LogP contribution in [0, 0.1) is 0 Å². The minimum absolute atomic E-state index is 0.0230. The summed E-state index contributed by atoms with van der Waals surface area (Å²) in [4.78, 5) is 0. The first-order valence-corrected chi connectivity index (χ1v) is 17.3. The van der Waals surface area contributed by atoms with Crippen molar-refractivity contribution >= 4 is 43.1 Å². The zero-order valence-corrected chi connectivity index (χ0v) is 27.7. The zero-order chi connectivity index (χ0) is 32.7. The molecule has 0 unspecified atom stereocenters. The number of hydrogen-bond donors (Lipinski definition) is 0. The van der Waals surface area contributed by atoms with Gasteiger partial charge in [-0.3, -0.25) is 0 Å². The van der Waals surface area contributed by atoms with Gasteiger partial charge in [0, 0.05) is 5.41 Å². The molecule has 0 bridgehead atoms. The van der Waals surface area contributed by atoms with Gasteiger partial charge in [-0.1, -0.05) is 153 Å². The highest BCUT2D eigenvalue weighted by molar-refractivity contribution is 6.26. The Kier molecular flexibility index (Phi) is 6.02. The van der Waals surface area contributed by atoms with E-state index in [1.165, 1.54) is 98.7 Å². The Labute approximate surface area is 286 Å². The Hall–Kier alpha value is -5.98. The highest BCUT2D eigenvalue weighted by Crippen LogP contribution is 2.50. The molecule has 0 heteroatoms. The fraction of sp³-hybridized carbons (Fsp3) is 0.0612. The molecule has 230 valence electrons. The molecule has 0 N–H and O–H groups in total. The zero-order valence-electron chi connectivity index (χ0n) is 27.7. The van der Waals surface area contributed by atoms with E-state index >= 15 is 0 Å². The Morgan fingerprint density at radius 1 is 0.286 bits per heavy atom. The second-order valence-corrected chi connectivity index (χ2v) is 14.1. The highest BCUT2D eigenvalue weighted by Gasteiger charge is 2.35. The van der Waals surface area contributed by atoms with Gasteiger partial charge >= 0.3 is 0 Å². The summed E-state index contributed by atoms with van der Waals surface area (Å²) in [6.07, 6.45) is 0. The van der Waals surface area contributed by atoms with Crippen LogP contribution >= 0.6 is 0 Å². The van der Waals surface area contributed by atoms with Crippen LogP contribution in [0.5, 0.6) is 0 Å². The van der Waals surface area contributed by atoms with Crippen LogP contribution in [0.3, 0.4) is 0 Å². The molecule has 0 saturated carbocycles. The third kappa shape index (κ3) is 4.24. The summed E-state index contributed by atoms with van der Waals surface area (Å²) in [6.45, 7) is 4.72. The van der Waals surface area contributed by atoms with E-state index in [-0.39, 0.29) is 5.41 Å². The lowest BCUT2D eigenvalue weighted by molar-refractivity contribution is 0.660. The summed E-state index contributed by atoms with van der Waals surface area (Å²) >= 11 is 0. The van der Waals surface area contributed by atoms with Crippen molar-refractivity contribution in [3.63, 3.8) is 0 Å². The van der Waals surface area contributed by atoms with Crippen molar-refractivity contribution < 1.29 is 0 Å². The predicted octanol–water partition coefficient (Wildman–Crippen LogP) is 13.6. The fourth-order valence-corrected chi connectivity index (χ4v) is 8.52. The van der Waals surface area contributed by atoms with E-state index in [1.807, 2.05) is 0 Å². The molecule has 1 aliphatic rings. The molecule has 9 aromatic rings. The highest BCUT2D eigenvalue weighted by atomic mass is 14.4. The lowest BCUT2D eigenvalue weighted by Crippen LogP contribution is -2.14. The van der Waals surface area contributed by atoms with Gasteiger partial charge in [-0.25, -0.2) is 0 Å². The third-order valence-corrected chi connectivity index (χ3v) is 11.0. The first-order valence-electron chi connectivity index (χ1n) is 17.3. The molecule has 0 spiro atoms. The Morgan fingerprint density at radius 2 is 0.776 bits per heavy atom. The second-order valence-electron chi connectivity index (χ2n) is 14.1. The Bertz CT molecular complexity index is 2760. The molecule has 0 amide bonds. The monoisotopic (exact) mass is 622 g/mol. The van der Waals surface area contributed by atoms with Crippen molar-refractivity contribution in [2.24, 2.45) is 0 Å². The van der Waals surface area contributed by atoms with Gasteiger partial charge in [0.25, 0.3) is 0 Å². The van der Waals surface area contributed by atoms with Crippen molar-refractivity contribution in [3.05, 3.63) is 181 Å². The summed E-state index contributed by atoms with van der Waals surface area (Å²) in [5.41, 5.74) is 13.0. The molecule has 9 aromatic carbocycles. The smallest absolute Gasteiger partial charge is 0.0159 e. The molecule has 10 rings (SSSR count). The van der Waals surface area contributed by atoms with E-state index in [0.717, 1.165) is 0 Å². The molecule has 49 heavy (non-hydrogen) atoms. The van der Waals surface area contributed by atoms with E-state index in [4.69, 9.17) is 0 Å². The van der Waals surface area contributed by atoms with Gasteiger partial charge in [-0.05, 0) is 129 Å². The third-order valence-electron chi connectivity index (χ3n) is 11.0. The van der Waals surface area contributed by atoms with Crippen LogP contribution in [0.15, 0.2) is 170 Å². The topological polar surface area (TPSA) is 0 Å². The van der Waals surface area contributed by atoms with Crippen LogP contribution in [0.25, 0.3) is 87.6 Å². The van der Waals surface area contributed by atoms with Crippen molar-refractivity contribution in [2.45, 2.75) is 19.3 Å². The van der Waals surface area contributed by atoms with E-state index in [1.54, 1.807) is 0 Å². The molecular weight excluding hydrogens is 589 g/mol. The molecule has 0 heterocycles. The van der Waals surface area contributed by atoms with E-state index in [2.05, 4.69) is 184 Å². The fourth-order valence-electron chi connectivity index (χ4n) is 8.52. The summed E-state index contributed by atoms with van der Waals surface area (Å²) in [7, 11) is 0. The van der Waals surface area contributed by atoms with Crippen LogP contribution in [-0.2, 0) is 5.41 Å². The van der Waals surface area contributed by atoms with Crippen LogP contribution in [-0.4, -0.2) is 0 Å². The SMILES string of the molecule is CC1(C)c2ccccc2-c2ccc(-c3ccc4c5ccc(-c6cc7ccccc7cc6-c6ccccc6)cc5c5ccccc5c4c3)cc21. The van der Waals surface area contributed by atoms with Gasteiger partial charge in [-0.2, -0.15) is 0 Å². The van der Waals surface area contributed by atoms with Crippen molar-refractivity contribution in [3.8, 4) is 44.5 Å². The molecule has 0 saturated heterocycles. The lowest BCUT2D eigenvalue weighted by Gasteiger charge is -2.22. The number of hydrogen-bond acceptors (Lipinski definition) is 0. The van der Waals surface area contributed by atoms with E-state index in [0.29, 0.717) is 0 Å². The van der Waals surface area contributed by atoms with Crippen molar-refractivity contribution in [2.75, 3.05) is 0 Å². The number of rotatable bonds is 3. The molecular formula is C49H34. The summed E-state index contributed by atoms with van der Waals surface area (Å²) in [5.74, 6) is 0. The average molecular weight is 623 g/mol. The van der Waals surface area contributed by atoms with Crippen molar-refractivity contribution in [1.82, 2.24) is 0 Å². The number of benzene rings is 9. The van der Waals surface area contributed by atoms with Crippen LogP contribution in [0.4, 0.5) is 0 Å². The maximum Gasteiger partial charge on any atom is 0.0159 e. The molecule has 0 atom stereocenters. The van der Waals surface area contributed by atoms with Gasteiger partial charge in [-0.15, -0.1) is 0 Å². The van der Waals surface area contributed by atoms with Crippen LogP contribution in [0.2, 0.25) is 0 Å². The Balaban J connectivity index is 1.16. The molecule has 0 fully saturated rings. The maximum absolute atomic E-state index is 2.43. The minimum Gasteiger partial charge on any atom is -0.0622 e. The van der Waals surface area contributed by atoms with Gasteiger partial charge in [0.05, 0.1) is 0 Å². The van der Waals surface area contributed by atoms with Gasteiger partial charge in [0.15, 0.2) is 0 Å². The normalized spacial score (nSPS) is 13.3. The summed E-state index contributed by atoms with van der Waals surface area (Å²) in [6, 6.07) is 63.2. The van der Waals surface area contributed by atoms with Crippen LogP contribution < -0.4 is 0 Å². The first-order chi connectivity index (χ1) is 24.0. The number of fused-ring (bicyclic) bond motifs is 10. The predicted molar refractivity (Wildman–Crippen MR) is 210 cm³/mol. The van der Waals surface area contributed by atoms with Crippen LogP contribution in [0.1, 0.15) is 25.0 Å². The van der Waals surface area contributed by atoms with Gasteiger partial charge < -0.3 is 0 Å². The maximum atomic E-state index is 2.43. The summed E-state index contributed by atoms with van der Waals surface area (Å²) < 4.78 is 0. The molecule has 0 aliphatic heterocycles. The van der Waals surface area contributed by atoms with E-state index in [9.17, 15) is 0 Å². The molecule has 0 radical (unpaired) electrons. The van der Waals surface area contributed by atoms with Gasteiger partial charge in [0.1, 0.15) is 0 Å². The standard InChI is InChI=1S/C49H34/c1-49(2)47-19-11-10-18-41(47)42-25-21-35(30-48(42)49)34-20-23-39-40-24-22-36(29-46(40)38-17-9-8-16-37(38)45(39)28-34)44-27-33-15-7-6-14-32(33)26-43(44)31-12-4-3-5-13-31/h3-30H,1-2H3. The average Bonchev–Trinajstić information content (AvgIpc) is 3.39. The lowest BCUT2D eigenvalue weighted by atomic mass is 9.81. The molecule has 1 aliphatic carbocycles. The molecule has 0 nitrogen and oxygen atoms in total. The summed E-state index contributed by atoms with van der Waals surface area (Å²) in [5, 5.41) is 10.3. The quantitative estimate of drug-likeness (QED) is 0.172. The van der Waals surface area contributed by atoms with Crippen molar-refractivity contribution in [1.29, 1.82) is 0 Å².